The Hall–Kier alpha value is -0.730. The molecule has 1 aromatic rings. The van der Waals surface area contributed by atoms with Gasteiger partial charge >= 0.3 is 0 Å². The molecule has 2 rings (SSSR count). The maximum Gasteiger partial charge on any atom is 0.123 e. The third kappa shape index (κ3) is 3.54. The van der Waals surface area contributed by atoms with Crippen LogP contribution in [-0.4, -0.2) is 13.7 Å². The van der Waals surface area contributed by atoms with Crippen molar-refractivity contribution in [2.75, 3.05) is 13.7 Å². The summed E-state index contributed by atoms with van der Waals surface area (Å²) in [5.41, 5.74) is 1.56. The number of hydrogen-bond donors (Lipinski definition) is 1. The van der Waals surface area contributed by atoms with Crippen molar-refractivity contribution in [3.63, 3.8) is 0 Å². The van der Waals surface area contributed by atoms with Crippen LogP contribution in [0.5, 0.6) is 5.75 Å². The molecule has 0 heterocycles. The molecule has 1 aliphatic rings. The number of benzene rings is 1. The molecule has 3 heteroatoms. The van der Waals surface area contributed by atoms with E-state index in [2.05, 4.69) is 25.2 Å². The van der Waals surface area contributed by atoms with E-state index in [0.29, 0.717) is 11.5 Å². The molecule has 0 saturated heterocycles. The molecule has 0 radical (unpaired) electrons. The van der Waals surface area contributed by atoms with Gasteiger partial charge in [0.05, 0.1) is 7.11 Å². The summed E-state index contributed by atoms with van der Waals surface area (Å²) in [6, 6.07) is 6.33. The highest BCUT2D eigenvalue weighted by Crippen LogP contribution is 2.51. The standard InChI is InChI=1S/C18H28ClNO/c1-4-12-20-17(18(5-2)10-6-7-11-18)15-13-14(19)8-9-16(15)21-3/h8-9,13,17,20H,4-7,10-12H2,1-3H3. The van der Waals surface area contributed by atoms with E-state index >= 15 is 0 Å². The van der Waals surface area contributed by atoms with Crippen LogP contribution in [0.1, 0.15) is 64.0 Å². The zero-order chi connectivity index (χ0) is 15.3. The Morgan fingerprint density at radius 2 is 2.00 bits per heavy atom. The van der Waals surface area contributed by atoms with Gasteiger partial charge < -0.3 is 10.1 Å². The summed E-state index contributed by atoms with van der Waals surface area (Å²) < 4.78 is 5.61. The van der Waals surface area contributed by atoms with E-state index in [0.717, 1.165) is 23.7 Å². The van der Waals surface area contributed by atoms with Gasteiger partial charge in [0.1, 0.15) is 5.75 Å². The SMILES string of the molecule is CCCNC(c1cc(Cl)ccc1OC)C1(CC)CCCC1. The first-order chi connectivity index (χ1) is 10.2. The minimum absolute atomic E-state index is 0.332. The zero-order valence-electron chi connectivity index (χ0n) is 13.5. The normalized spacial score (nSPS) is 18.7. The highest BCUT2D eigenvalue weighted by molar-refractivity contribution is 6.30. The highest BCUT2D eigenvalue weighted by atomic mass is 35.5. The quantitative estimate of drug-likeness (QED) is 0.732. The number of methoxy groups -OCH3 is 1. The summed E-state index contributed by atoms with van der Waals surface area (Å²) in [7, 11) is 1.75. The molecule has 0 spiro atoms. The smallest absolute Gasteiger partial charge is 0.123 e. The van der Waals surface area contributed by atoms with Crippen molar-refractivity contribution in [3.8, 4) is 5.75 Å². The first-order valence-corrected chi connectivity index (χ1v) is 8.61. The lowest BCUT2D eigenvalue weighted by Gasteiger charge is -2.38. The third-order valence-corrected chi connectivity index (χ3v) is 5.25. The molecule has 0 aromatic heterocycles. The Bertz CT molecular complexity index is 455. The van der Waals surface area contributed by atoms with Gasteiger partial charge in [0.25, 0.3) is 0 Å². The summed E-state index contributed by atoms with van der Waals surface area (Å²) in [5.74, 6) is 0.952. The van der Waals surface area contributed by atoms with Crippen molar-refractivity contribution in [3.05, 3.63) is 28.8 Å². The Labute approximate surface area is 134 Å². The van der Waals surface area contributed by atoms with E-state index in [1.165, 1.54) is 37.7 Å². The van der Waals surface area contributed by atoms with Crippen LogP contribution in [0, 0.1) is 5.41 Å². The second kappa shape index (κ2) is 7.51. The van der Waals surface area contributed by atoms with Gasteiger partial charge in [-0.05, 0) is 55.8 Å². The van der Waals surface area contributed by atoms with Gasteiger partial charge in [-0.3, -0.25) is 0 Å². The summed E-state index contributed by atoms with van der Waals surface area (Å²) in [5, 5.41) is 4.57. The highest BCUT2D eigenvalue weighted by Gasteiger charge is 2.41. The van der Waals surface area contributed by atoms with Gasteiger partial charge in [0.15, 0.2) is 0 Å². The summed E-state index contributed by atoms with van der Waals surface area (Å²) in [4.78, 5) is 0. The molecule has 1 aromatic carbocycles. The number of halogens is 1. The molecule has 2 nitrogen and oxygen atoms in total. The lowest BCUT2D eigenvalue weighted by atomic mass is 9.73. The van der Waals surface area contributed by atoms with E-state index < -0.39 is 0 Å². The monoisotopic (exact) mass is 309 g/mol. The van der Waals surface area contributed by atoms with Crippen molar-refractivity contribution in [1.82, 2.24) is 5.32 Å². The fourth-order valence-corrected chi connectivity index (χ4v) is 3.98. The van der Waals surface area contributed by atoms with Crippen molar-refractivity contribution < 1.29 is 4.74 Å². The predicted octanol–water partition coefficient (Wildman–Crippen LogP) is 5.36. The molecule has 0 aliphatic heterocycles. The minimum atomic E-state index is 0.332. The second-order valence-electron chi connectivity index (χ2n) is 6.20. The number of nitrogens with one attached hydrogen (secondary N) is 1. The Morgan fingerprint density at radius 1 is 1.29 bits per heavy atom. The van der Waals surface area contributed by atoms with Crippen molar-refractivity contribution in [1.29, 1.82) is 0 Å². The van der Waals surface area contributed by atoms with Crippen LogP contribution in [-0.2, 0) is 0 Å². The van der Waals surface area contributed by atoms with Crippen LogP contribution in [0.25, 0.3) is 0 Å². The first-order valence-electron chi connectivity index (χ1n) is 8.23. The van der Waals surface area contributed by atoms with E-state index in [9.17, 15) is 0 Å². The third-order valence-electron chi connectivity index (χ3n) is 5.02. The van der Waals surface area contributed by atoms with Crippen LogP contribution in [0.2, 0.25) is 5.02 Å². The summed E-state index contributed by atoms with van der Waals surface area (Å²) >= 11 is 6.26. The van der Waals surface area contributed by atoms with E-state index in [1.807, 2.05) is 12.1 Å². The lowest BCUT2D eigenvalue weighted by Crippen LogP contribution is -2.37. The van der Waals surface area contributed by atoms with Crippen molar-refractivity contribution in [2.45, 2.75) is 58.4 Å². The molecule has 0 bridgehead atoms. The average Bonchev–Trinajstić information content (AvgIpc) is 2.98. The molecule has 0 amide bonds. The van der Waals surface area contributed by atoms with Gasteiger partial charge in [0, 0.05) is 16.6 Å². The van der Waals surface area contributed by atoms with Gasteiger partial charge in [-0.15, -0.1) is 0 Å². The van der Waals surface area contributed by atoms with Gasteiger partial charge in [-0.1, -0.05) is 38.3 Å². The van der Waals surface area contributed by atoms with Crippen LogP contribution < -0.4 is 10.1 Å². The minimum Gasteiger partial charge on any atom is -0.496 e. The predicted molar refractivity (Wildman–Crippen MR) is 90.2 cm³/mol. The molecular formula is C18H28ClNO. The van der Waals surface area contributed by atoms with E-state index in [-0.39, 0.29) is 0 Å². The van der Waals surface area contributed by atoms with Crippen LogP contribution >= 0.6 is 11.6 Å². The molecule has 21 heavy (non-hydrogen) atoms. The average molecular weight is 310 g/mol. The van der Waals surface area contributed by atoms with Gasteiger partial charge in [-0.25, -0.2) is 0 Å². The summed E-state index contributed by atoms with van der Waals surface area (Å²) in [6.07, 6.45) is 7.59. The first kappa shape index (κ1) is 16.6. The largest absolute Gasteiger partial charge is 0.496 e. The van der Waals surface area contributed by atoms with Crippen LogP contribution in [0.4, 0.5) is 0 Å². The molecular weight excluding hydrogens is 282 g/mol. The maximum absolute atomic E-state index is 6.26. The Morgan fingerprint density at radius 3 is 2.57 bits per heavy atom. The molecule has 1 fully saturated rings. The van der Waals surface area contributed by atoms with Gasteiger partial charge in [-0.2, -0.15) is 0 Å². The Kier molecular flexibility index (Phi) is 5.95. The number of ether oxygens (including phenoxy) is 1. The maximum atomic E-state index is 6.26. The molecule has 118 valence electrons. The summed E-state index contributed by atoms with van der Waals surface area (Å²) in [6.45, 7) is 5.57. The zero-order valence-corrected chi connectivity index (χ0v) is 14.3. The number of hydrogen-bond acceptors (Lipinski definition) is 2. The second-order valence-corrected chi connectivity index (χ2v) is 6.63. The Balaban J connectivity index is 2.42. The number of rotatable bonds is 7. The fraction of sp³-hybridized carbons (Fsp3) is 0.667. The molecule has 1 saturated carbocycles. The van der Waals surface area contributed by atoms with E-state index in [1.54, 1.807) is 7.11 Å². The fourth-order valence-electron chi connectivity index (χ4n) is 3.80. The molecule has 1 atom stereocenters. The van der Waals surface area contributed by atoms with Crippen LogP contribution in [0.15, 0.2) is 18.2 Å². The molecule has 1 aliphatic carbocycles. The van der Waals surface area contributed by atoms with Crippen molar-refractivity contribution in [2.24, 2.45) is 5.41 Å². The topological polar surface area (TPSA) is 21.3 Å². The molecule has 1 unspecified atom stereocenters. The molecule has 1 N–H and O–H groups in total. The lowest BCUT2D eigenvalue weighted by molar-refractivity contribution is 0.183. The van der Waals surface area contributed by atoms with Crippen molar-refractivity contribution >= 4 is 11.6 Å². The van der Waals surface area contributed by atoms with Crippen LogP contribution in [0.3, 0.4) is 0 Å². The van der Waals surface area contributed by atoms with Gasteiger partial charge in [0.2, 0.25) is 0 Å². The van der Waals surface area contributed by atoms with E-state index in [4.69, 9.17) is 16.3 Å².